The molecule has 0 amide bonds. The highest BCUT2D eigenvalue weighted by molar-refractivity contribution is 5.35. The average Bonchev–Trinajstić information content (AvgIpc) is 3.12. The monoisotopic (exact) mass is 271 g/mol. The second-order valence-electron chi connectivity index (χ2n) is 5.95. The quantitative estimate of drug-likeness (QED) is 0.928. The molecule has 0 saturated heterocycles. The average molecular weight is 271 g/mol. The van der Waals surface area contributed by atoms with Gasteiger partial charge in [0, 0.05) is 12.5 Å². The summed E-state index contributed by atoms with van der Waals surface area (Å²) in [5.41, 5.74) is 8.45. The third-order valence-electron chi connectivity index (χ3n) is 4.61. The Balaban J connectivity index is 1.83. The largest absolute Gasteiger partial charge is 0.339 e. The van der Waals surface area contributed by atoms with Crippen molar-refractivity contribution in [2.24, 2.45) is 5.73 Å². The number of aromatic nitrogens is 2. The molecular formula is C16H21N3O. The van der Waals surface area contributed by atoms with Crippen LogP contribution < -0.4 is 5.73 Å². The van der Waals surface area contributed by atoms with Crippen molar-refractivity contribution < 1.29 is 4.52 Å². The summed E-state index contributed by atoms with van der Waals surface area (Å²) in [6, 6.07) is 8.55. The van der Waals surface area contributed by atoms with Crippen molar-refractivity contribution in [3.05, 3.63) is 47.1 Å². The first-order chi connectivity index (χ1) is 9.66. The number of nitrogens with two attached hydrogens (primary N) is 1. The van der Waals surface area contributed by atoms with Gasteiger partial charge in [0.2, 0.25) is 5.89 Å². The molecule has 1 aromatic carbocycles. The Bertz CT molecular complexity index is 576. The van der Waals surface area contributed by atoms with Gasteiger partial charge in [0.1, 0.15) is 0 Å². The van der Waals surface area contributed by atoms with Crippen molar-refractivity contribution in [2.45, 2.75) is 44.4 Å². The first kappa shape index (κ1) is 13.3. The van der Waals surface area contributed by atoms with Gasteiger partial charge in [-0.05, 0) is 37.3 Å². The summed E-state index contributed by atoms with van der Waals surface area (Å²) in [6.45, 7) is 4.70. The fraction of sp³-hybridized carbons (Fsp3) is 0.500. The Morgan fingerprint density at radius 3 is 2.50 bits per heavy atom. The van der Waals surface area contributed by atoms with Crippen molar-refractivity contribution in [1.82, 2.24) is 10.1 Å². The predicted molar refractivity (Wildman–Crippen MR) is 77.6 cm³/mol. The van der Waals surface area contributed by atoms with Crippen LogP contribution in [-0.4, -0.2) is 16.7 Å². The summed E-state index contributed by atoms with van der Waals surface area (Å²) < 4.78 is 5.48. The Morgan fingerprint density at radius 1 is 1.30 bits per heavy atom. The lowest BCUT2D eigenvalue weighted by Crippen LogP contribution is -2.31. The first-order valence-corrected chi connectivity index (χ1v) is 7.27. The van der Waals surface area contributed by atoms with E-state index in [1.54, 1.807) is 0 Å². The summed E-state index contributed by atoms with van der Waals surface area (Å²) in [5.74, 6) is 1.83. The minimum Gasteiger partial charge on any atom is -0.339 e. The van der Waals surface area contributed by atoms with E-state index in [9.17, 15) is 0 Å². The van der Waals surface area contributed by atoms with Gasteiger partial charge in [0.25, 0.3) is 0 Å². The molecule has 3 rings (SSSR count). The van der Waals surface area contributed by atoms with E-state index in [2.05, 4.69) is 48.3 Å². The molecule has 1 aliphatic carbocycles. The zero-order valence-electron chi connectivity index (χ0n) is 12.1. The fourth-order valence-corrected chi connectivity index (χ4v) is 2.77. The molecule has 0 fully saturated rings. The van der Waals surface area contributed by atoms with Crippen LogP contribution in [0.15, 0.2) is 28.8 Å². The highest BCUT2D eigenvalue weighted by atomic mass is 16.5. The van der Waals surface area contributed by atoms with Gasteiger partial charge in [0.05, 0.1) is 5.41 Å². The molecular weight excluding hydrogens is 250 g/mol. The topological polar surface area (TPSA) is 64.9 Å². The zero-order valence-corrected chi connectivity index (χ0v) is 12.1. The SMILES string of the molecule is CCC(C)(CN)c1nc(C2Cc3ccccc3C2)no1. The lowest BCUT2D eigenvalue weighted by Gasteiger charge is -2.20. The minimum atomic E-state index is -0.212. The molecule has 2 N–H and O–H groups in total. The van der Waals surface area contributed by atoms with E-state index in [-0.39, 0.29) is 5.41 Å². The van der Waals surface area contributed by atoms with E-state index in [0.29, 0.717) is 18.4 Å². The number of fused-ring (bicyclic) bond motifs is 1. The fourth-order valence-electron chi connectivity index (χ4n) is 2.77. The van der Waals surface area contributed by atoms with Crippen molar-refractivity contribution in [2.75, 3.05) is 6.54 Å². The molecule has 0 aliphatic heterocycles. The van der Waals surface area contributed by atoms with E-state index < -0.39 is 0 Å². The van der Waals surface area contributed by atoms with Crippen LogP contribution in [0.25, 0.3) is 0 Å². The summed E-state index contributed by atoms with van der Waals surface area (Å²) in [6.07, 6.45) is 2.90. The maximum absolute atomic E-state index is 5.85. The zero-order chi connectivity index (χ0) is 14.2. The Kier molecular flexibility index (Phi) is 3.34. The van der Waals surface area contributed by atoms with Crippen LogP contribution in [0.4, 0.5) is 0 Å². The summed E-state index contributed by atoms with van der Waals surface area (Å²) in [4.78, 5) is 4.63. The Morgan fingerprint density at radius 2 is 1.95 bits per heavy atom. The maximum atomic E-state index is 5.85. The normalized spacial score (nSPS) is 17.9. The predicted octanol–water partition coefficient (Wildman–Crippen LogP) is 2.58. The van der Waals surface area contributed by atoms with Crippen LogP contribution in [0.2, 0.25) is 0 Å². The Labute approximate surface area is 119 Å². The van der Waals surface area contributed by atoms with E-state index in [4.69, 9.17) is 10.3 Å². The third kappa shape index (κ3) is 2.14. The summed E-state index contributed by atoms with van der Waals surface area (Å²) in [5, 5.41) is 4.20. The lowest BCUT2D eigenvalue weighted by atomic mass is 9.87. The van der Waals surface area contributed by atoms with Gasteiger partial charge >= 0.3 is 0 Å². The van der Waals surface area contributed by atoms with Crippen LogP contribution in [0.1, 0.15) is 49.0 Å². The molecule has 1 atom stereocenters. The first-order valence-electron chi connectivity index (χ1n) is 7.27. The highest BCUT2D eigenvalue weighted by Crippen LogP contribution is 2.33. The molecule has 0 bridgehead atoms. The standard InChI is InChI=1S/C16H21N3O/c1-3-16(2,10-17)15-18-14(19-20-15)13-8-11-6-4-5-7-12(11)9-13/h4-7,13H,3,8-10,17H2,1-2H3. The van der Waals surface area contributed by atoms with Crippen molar-refractivity contribution in [3.8, 4) is 0 Å². The van der Waals surface area contributed by atoms with Crippen LogP contribution >= 0.6 is 0 Å². The number of benzene rings is 1. The van der Waals surface area contributed by atoms with Crippen LogP contribution in [0.3, 0.4) is 0 Å². The van der Waals surface area contributed by atoms with Gasteiger partial charge in [-0.3, -0.25) is 0 Å². The van der Waals surface area contributed by atoms with E-state index in [0.717, 1.165) is 25.1 Å². The van der Waals surface area contributed by atoms with Crippen LogP contribution in [-0.2, 0) is 18.3 Å². The molecule has 1 aromatic heterocycles. The van der Waals surface area contributed by atoms with Crippen molar-refractivity contribution in [1.29, 1.82) is 0 Å². The Hall–Kier alpha value is -1.68. The summed E-state index contributed by atoms with van der Waals surface area (Å²) >= 11 is 0. The molecule has 0 spiro atoms. The van der Waals surface area contributed by atoms with Gasteiger partial charge in [-0.25, -0.2) is 0 Å². The number of hydrogen-bond acceptors (Lipinski definition) is 4. The smallest absolute Gasteiger partial charge is 0.233 e. The molecule has 4 heteroatoms. The number of rotatable bonds is 4. The minimum absolute atomic E-state index is 0.212. The van der Waals surface area contributed by atoms with Gasteiger partial charge < -0.3 is 10.3 Å². The van der Waals surface area contributed by atoms with Gasteiger partial charge in [-0.15, -0.1) is 0 Å². The molecule has 0 radical (unpaired) electrons. The molecule has 1 heterocycles. The number of nitrogens with zero attached hydrogens (tertiary/aromatic N) is 2. The second kappa shape index (κ2) is 5.02. The van der Waals surface area contributed by atoms with Gasteiger partial charge in [0.15, 0.2) is 5.82 Å². The molecule has 1 unspecified atom stereocenters. The van der Waals surface area contributed by atoms with Gasteiger partial charge in [-0.1, -0.05) is 36.3 Å². The van der Waals surface area contributed by atoms with Crippen LogP contribution in [0, 0.1) is 0 Å². The molecule has 20 heavy (non-hydrogen) atoms. The van der Waals surface area contributed by atoms with E-state index in [1.807, 2.05) is 0 Å². The van der Waals surface area contributed by atoms with Gasteiger partial charge in [-0.2, -0.15) is 4.98 Å². The number of hydrogen-bond donors (Lipinski definition) is 1. The van der Waals surface area contributed by atoms with E-state index in [1.165, 1.54) is 11.1 Å². The molecule has 1 aliphatic rings. The molecule has 0 saturated carbocycles. The van der Waals surface area contributed by atoms with Crippen molar-refractivity contribution >= 4 is 0 Å². The maximum Gasteiger partial charge on any atom is 0.233 e. The summed E-state index contributed by atoms with van der Waals surface area (Å²) in [7, 11) is 0. The van der Waals surface area contributed by atoms with E-state index >= 15 is 0 Å². The highest BCUT2D eigenvalue weighted by Gasteiger charge is 2.32. The molecule has 4 nitrogen and oxygen atoms in total. The molecule has 106 valence electrons. The van der Waals surface area contributed by atoms with Crippen molar-refractivity contribution in [3.63, 3.8) is 0 Å². The second-order valence-corrected chi connectivity index (χ2v) is 5.95. The van der Waals surface area contributed by atoms with Crippen LogP contribution in [0.5, 0.6) is 0 Å². The molecule has 2 aromatic rings. The third-order valence-corrected chi connectivity index (χ3v) is 4.61. The lowest BCUT2D eigenvalue weighted by molar-refractivity contribution is 0.288.